The van der Waals surface area contributed by atoms with Crippen LogP contribution in [0.15, 0.2) is 24.3 Å². The Hall–Kier alpha value is -1.49. The van der Waals surface area contributed by atoms with Crippen LogP contribution in [0.2, 0.25) is 0 Å². The van der Waals surface area contributed by atoms with Gasteiger partial charge in [-0.1, -0.05) is 19.9 Å². The summed E-state index contributed by atoms with van der Waals surface area (Å²) >= 11 is 0. The van der Waals surface area contributed by atoms with Crippen LogP contribution in [0.3, 0.4) is 0 Å². The number of benzene rings is 1. The van der Waals surface area contributed by atoms with Crippen LogP contribution in [-0.4, -0.2) is 13.1 Å². The van der Waals surface area contributed by atoms with Crippen molar-refractivity contribution in [3.63, 3.8) is 0 Å². The third kappa shape index (κ3) is 2.19. The van der Waals surface area contributed by atoms with E-state index in [1.165, 1.54) is 12.1 Å². The number of nitrogens with zero attached hydrogens (tertiary/aromatic N) is 2. The van der Waals surface area contributed by atoms with Gasteiger partial charge >= 0.3 is 0 Å². The molecule has 0 radical (unpaired) electrons. The molecule has 1 fully saturated rings. The van der Waals surface area contributed by atoms with Gasteiger partial charge in [-0.2, -0.15) is 5.26 Å². The Morgan fingerprint density at radius 1 is 1.44 bits per heavy atom. The molecule has 0 spiro atoms. The highest BCUT2D eigenvalue weighted by molar-refractivity contribution is 5.52. The van der Waals surface area contributed by atoms with Crippen molar-refractivity contribution in [2.24, 2.45) is 11.8 Å². The number of hydrogen-bond acceptors (Lipinski definition) is 2. The molecule has 0 aromatic heterocycles. The van der Waals surface area contributed by atoms with Crippen LogP contribution in [0.1, 0.15) is 25.8 Å². The highest BCUT2D eigenvalue weighted by Gasteiger charge is 2.24. The van der Waals surface area contributed by atoms with Gasteiger partial charge < -0.3 is 4.90 Å². The molecule has 2 rings (SSSR count). The van der Waals surface area contributed by atoms with Gasteiger partial charge in [0.25, 0.3) is 0 Å². The Morgan fingerprint density at radius 2 is 2.25 bits per heavy atom. The molecule has 1 aliphatic rings. The Balaban J connectivity index is 2.12. The average Bonchev–Trinajstić information content (AvgIpc) is 2.78. The lowest BCUT2D eigenvalue weighted by Gasteiger charge is -2.20. The lowest BCUT2D eigenvalue weighted by molar-refractivity contribution is 0.423. The first-order chi connectivity index (χ1) is 7.70. The van der Waals surface area contributed by atoms with E-state index < -0.39 is 0 Å². The standard InChI is InChI=1S/C14H18N2/c1-11(2)13-6-7-16(10-13)14-5-3-4-12(8-14)9-15/h3-5,8,11,13H,6-7,10H2,1-2H3. The van der Waals surface area contributed by atoms with Crippen molar-refractivity contribution >= 4 is 5.69 Å². The summed E-state index contributed by atoms with van der Waals surface area (Å²) in [5.41, 5.74) is 1.95. The molecule has 84 valence electrons. The molecule has 16 heavy (non-hydrogen) atoms. The molecule has 2 nitrogen and oxygen atoms in total. The molecule has 0 bridgehead atoms. The summed E-state index contributed by atoms with van der Waals surface area (Å²) in [5.74, 6) is 1.55. The molecule has 0 aliphatic carbocycles. The van der Waals surface area contributed by atoms with Gasteiger partial charge in [0.2, 0.25) is 0 Å². The Bertz CT molecular complexity index is 403. The summed E-state index contributed by atoms with van der Waals surface area (Å²) in [7, 11) is 0. The van der Waals surface area contributed by atoms with Crippen molar-refractivity contribution in [1.82, 2.24) is 0 Å². The molecule has 1 aromatic carbocycles. The van der Waals surface area contributed by atoms with Gasteiger partial charge in [0, 0.05) is 18.8 Å². The minimum Gasteiger partial charge on any atom is -0.371 e. The molecule has 1 aromatic rings. The van der Waals surface area contributed by atoms with Crippen LogP contribution >= 0.6 is 0 Å². The zero-order valence-corrected chi connectivity index (χ0v) is 9.98. The third-order valence-corrected chi connectivity index (χ3v) is 3.51. The monoisotopic (exact) mass is 214 g/mol. The predicted molar refractivity (Wildman–Crippen MR) is 66.3 cm³/mol. The van der Waals surface area contributed by atoms with Crippen LogP contribution in [-0.2, 0) is 0 Å². The van der Waals surface area contributed by atoms with Crippen molar-refractivity contribution in [2.45, 2.75) is 20.3 Å². The van der Waals surface area contributed by atoms with E-state index in [4.69, 9.17) is 5.26 Å². The Kier molecular flexibility index (Phi) is 3.14. The summed E-state index contributed by atoms with van der Waals surface area (Å²) in [6.45, 7) is 6.84. The van der Waals surface area contributed by atoms with E-state index in [1.54, 1.807) is 0 Å². The molecule has 1 saturated heterocycles. The van der Waals surface area contributed by atoms with E-state index in [1.807, 2.05) is 18.2 Å². The van der Waals surface area contributed by atoms with Gasteiger partial charge in [0.05, 0.1) is 11.6 Å². The van der Waals surface area contributed by atoms with Crippen LogP contribution < -0.4 is 4.90 Å². The zero-order valence-electron chi connectivity index (χ0n) is 9.98. The molecule has 0 saturated carbocycles. The van der Waals surface area contributed by atoms with Crippen molar-refractivity contribution in [3.05, 3.63) is 29.8 Å². The fraction of sp³-hybridized carbons (Fsp3) is 0.500. The first-order valence-electron chi connectivity index (χ1n) is 5.96. The normalized spacial score (nSPS) is 20.1. The van der Waals surface area contributed by atoms with Crippen molar-refractivity contribution in [3.8, 4) is 6.07 Å². The molecule has 1 aliphatic heterocycles. The van der Waals surface area contributed by atoms with E-state index >= 15 is 0 Å². The van der Waals surface area contributed by atoms with E-state index in [0.29, 0.717) is 0 Å². The van der Waals surface area contributed by atoms with Crippen molar-refractivity contribution in [1.29, 1.82) is 5.26 Å². The second-order valence-corrected chi connectivity index (χ2v) is 4.90. The fourth-order valence-electron chi connectivity index (χ4n) is 2.34. The maximum absolute atomic E-state index is 8.88. The highest BCUT2D eigenvalue weighted by atomic mass is 15.1. The quantitative estimate of drug-likeness (QED) is 0.756. The minimum atomic E-state index is 0.754. The Morgan fingerprint density at radius 3 is 2.88 bits per heavy atom. The van der Waals surface area contributed by atoms with E-state index in [-0.39, 0.29) is 0 Å². The summed E-state index contributed by atoms with van der Waals surface area (Å²) in [6, 6.07) is 10.1. The third-order valence-electron chi connectivity index (χ3n) is 3.51. The molecule has 1 unspecified atom stereocenters. The van der Waals surface area contributed by atoms with Crippen LogP contribution in [0.4, 0.5) is 5.69 Å². The zero-order chi connectivity index (χ0) is 11.5. The van der Waals surface area contributed by atoms with Crippen molar-refractivity contribution in [2.75, 3.05) is 18.0 Å². The van der Waals surface area contributed by atoms with Gasteiger partial charge in [-0.3, -0.25) is 0 Å². The average molecular weight is 214 g/mol. The van der Waals surface area contributed by atoms with Crippen molar-refractivity contribution < 1.29 is 0 Å². The predicted octanol–water partition coefficient (Wildman–Crippen LogP) is 3.04. The maximum atomic E-state index is 8.88. The SMILES string of the molecule is CC(C)C1CCN(c2cccc(C#N)c2)C1. The summed E-state index contributed by atoms with van der Waals surface area (Å²) in [5, 5.41) is 8.88. The lowest BCUT2D eigenvalue weighted by Crippen LogP contribution is -2.21. The molecule has 0 amide bonds. The second-order valence-electron chi connectivity index (χ2n) is 4.90. The van der Waals surface area contributed by atoms with Gasteiger partial charge in [0.1, 0.15) is 0 Å². The topological polar surface area (TPSA) is 27.0 Å². The summed E-state index contributed by atoms with van der Waals surface area (Å²) in [4.78, 5) is 2.39. The van der Waals surface area contributed by atoms with Crippen LogP contribution in [0.25, 0.3) is 0 Å². The Labute approximate surface area is 97.5 Å². The lowest BCUT2D eigenvalue weighted by atomic mass is 9.95. The fourth-order valence-corrected chi connectivity index (χ4v) is 2.34. The first kappa shape index (κ1) is 11.0. The second kappa shape index (κ2) is 4.57. The maximum Gasteiger partial charge on any atom is 0.0992 e. The molecule has 1 atom stereocenters. The number of hydrogen-bond donors (Lipinski definition) is 0. The molecule has 2 heteroatoms. The molecular weight excluding hydrogens is 196 g/mol. The smallest absolute Gasteiger partial charge is 0.0992 e. The largest absolute Gasteiger partial charge is 0.371 e. The minimum absolute atomic E-state index is 0.754. The van der Waals surface area contributed by atoms with Crippen LogP contribution in [0, 0.1) is 23.2 Å². The van der Waals surface area contributed by atoms with Gasteiger partial charge in [-0.05, 0) is 36.5 Å². The summed E-state index contributed by atoms with van der Waals surface area (Å²) < 4.78 is 0. The molecular formula is C14H18N2. The van der Waals surface area contributed by atoms with E-state index in [9.17, 15) is 0 Å². The van der Waals surface area contributed by atoms with E-state index in [2.05, 4.69) is 30.9 Å². The van der Waals surface area contributed by atoms with Gasteiger partial charge in [0.15, 0.2) is 0 Å². The number of nitriles is 1. The molecule has 1 heterocycles. The highest BCUT2D eigenvalue weighted by Crippen LogP contribution is 2.28. The summed E-state index contributed by atoms with van der Waals surface area (Å²) in [6.07, 6.45) is 1.27. The number of rotatable bonds is 2. The van der Waals surface area contributed by atoms with E-state index in [0.717, 1.165) is 30.5 Å². The number of anilines is 1. The first-order valence-corrected chi connectivity index (χ1v) is 5.96. The molecule has 0 N–H and O–H groups in total. The van der Waals surface area contributed by atoms with Gasteiger partial charge in [-0.25, -0.2) is 0 Å². The van der Waals surface area contributed by atoms with Gasteiger partial charge in [-0.15, -0.1) is 0 Å². The van der Waals surface area contributed by atoms with Crippen LogP contribution in [0.5, 0.6) is 0 Å².